The van der Waals surface area contributed by atoms with Gasteiger partial charge < -0.3 is 23.5 Å². The average Bonchev–Trinajstić information content (AvgIpc) is 3.12. The first-order valence-corrected chi connectivity index (χ1v) is 7.54. The van der Waals surface area contributed by atoms with Crippen molar-refractivity contribution in [2.45, 2.75) is 6.54 Å². The summed E-state index contributed by atoms with van der Waals surface area (Å²) in [7, 11) is 4.31. The van der Waals surface area contributed by atoms with Crippen LogP contribution in [0.25, 0.3) is 0 Å². The second-order valence-corrected chi connectivity index (χ2v) is 5.04. The number of carbonyl (C=O) groups excluding carboxylic acids is 2. The minimum atomic E-state index is -0.602. The smallest absolute Gasteiger partial charge is 0.360 e. The highest BCUT2D eigenvalue weighted by Gasteiger charge is 2.22. The Morgan fingerprint density at radius 1 is 1.20 bits per heavy atom. The first-order chi connectivity index (χ1) is 12.1. The van der Waals surface area contributed by atoms with E-state index in [-0.39, 0.29) is 24.0 Å². The van der Waals surface area contributed by atoms with Crippen molar-refractivity contribution < 1.29 is 28.2 Å². The van der Waals surface area contributed by atoms with Crippen molar-refractivity contribution in [1.29, 1.82) is 0 Å². The van der Waals surface area contributed by atoms with E-state index in [1.807, 2.05) is 0 Å². The SMILES string of the molecule is COCCN(Cc1nc(C(=O)OC)co1)C(=O)c1ccccc1OC. The monoisotopic (exact) mass is 348 g/mol. The minimum absolute atomic E-state index is 0.0499. The molecule has 0 aliphatic heterocycles. The van der Waals surface area contributed by atoms with Crippen LogP contribution in [0.1, 0.15) is 26.7 Å². The van der Waals surface area contributed by atoms with Crippen LogP contribution in [-0.2, 0) is 16.0 Å². The number of hydrogen-bond acceptors (Lipinski definition) is 7. The van der Waals surface area contributed by atoms with Gasteiger partial charge in [0, 0.05) is 13.7 Å². The Balaban J connectivity index is 2.22. The van der Waals surface area contributed by atoms with E-state index in [9.17, 15) is 9.59 Å². The minimum Gasteiger partial charge on any atom is -0.496 e. The van der Waals surface area contributed by atoms with Gasteiger partial charge in [-0.3, -0.25) is 4.79 Å². The predicted octanol–water partition coefficient (Wildman–Crippen LogP) is 1.76. The molecule has 0 bridgehead atoms. The predicted molar refractivity (Wildman–Crippen MR) is 87.5 cm³/mol. The Hall–Kier alpha value is -2.87. The number of benzene rings is 1. The maximum atomic E-state index is 12.9. The Kier molecular flexibility index (Phi) is 6.53. The van der Waals surface area contributed by atoms with Gasteiger partial charge >= 0.3 is 5.97 Å². The van der Waals surface area contributed by atoms with Crippen LogP contribution in [0.15, 0.2) is 34.9 Å². The van der Waals surface area contributed by atoms with E-state index < -0.39 is 5.97 Å². The molecular weight excluding hydrogens is 328 g/mol. The highest BCUT2D eigenvalue weighted by Crippen LogP contribution is 2.20. The quantitative estimate of drug-likeness (QED) is 0.671. The second kappa shape index (κ2) is 8.84. The van der Waals surface area contributed by atoms with E-state index in [1.165, 1.54) is 25.4 Å². The van der Waals surface area contributed by atoms with Crippen molar-refractivity contribution >= 4 is 11.9 Å². The molecule has 134 valence electrons. The van der Waals surface area contributed by atoms with Crippen LogP contribution in [0.2, 0.25) is 0 Å². The maximum Gasteiger partial charge on any atom is 0.360 e. The lowest BCUT2D eigenvalue weighted by Crippen LogP contribution is -2.33. The number of esters is 1. The molecule has 0 unspecified atom stereocenters. The third-order valence-electron chi connectivity index (χ3n) is 3.46. The number of oxazole rings is 1. The van der Waals surface area contributed by atoms with Gasteiger partial charge in [0.1, 0.15) is 12.0 Å². The number of carbonyl (C=O) groups is 2. The molecule has 0 fully saturated rings. The summed E-state index contributed by atoms with van der Waals surface area (Å²) in [4.78, 5) is 29.9. The number of rotatable bonds is 8. The highest BCUT2D eigenvalue weighted by atomic mass is 16.5. The van der Waals surface area contributed by atoms with Crippen LogP contribution in [0.4, 0.5) is 0 Å². The molecular formula is C17H20N2O6. The van der Waals surface area contributed by atoms with Crippen LogP contribution in [0.5, 0.6) is 5.75 Å². The Morgan fingerprint density at radius 3 is 2.64 bits per heavy atom. The van der Waals surface area contributed by atoms with Crippen LogP contribution in [0.3, 0.4) is 0 Å². The van der Waals surface area contributed by atoms with Gasteiger partial charge in [-0.1, -0.05) is 12.1 Å². The average molecular weight is 348 g/mol. The van der Waals surface area contributed by atoms with Crippen molar-refractivity contribution in [2.24, 2.45) is 0 Å². The van der Waals surface area contributed by atoms with Crippen LogP contribution in [-0.4, -0.2) is 56.2 Å². The molecule has 0 N–H and O–H groups in total. The van der Waals surface area contributed by atoms with Crippen molar-refractivity contribution in [3.05, 3.63) is 47.7 Å². The van der Waals surface area contributed by atoms with Gasteiger partial charge in [-0.15, -0.1) is 0 Å². The fraction of sp³-hybridized carbons (Fsp3) is 0.353. The molecule has 0 atom stereocenters. The molecule has 1 aromatic heterocycles. The van der Waals surface area contributed by atoms with E-state index in [0.717, 1.165) is 0 Å². The molecule has 0 saturated heterocycles. The van der Waals surface area contributed by atoms with Crippen molar-refractivity contribution in [3.63, 3.8) is 0 Å². The number of nitrogens with zero attached hydrogens (tertiary/aromatic N) is 2. The lowest BCUT2D eigenvalue weighted by molar-refractivity contribution is 0.0594. The molecule has 2 rings (SSSR count). The summed E-state index contributed by atoms with van der Waals surface area (Å²) in [6.07, 6.45) is 1.20. The number of ether oxygens (including phenoxy) is 3. The van der Waals surface area contributed by atoms with Gasteiger partial charge in [0.2, 0.25) is 5.89 Å². The molecule has 1 aromatic carbocycles. The zero-order valence-electron chi connectivity index (χ0n) is 14.4. The van der Waals surface area contributed by atoms with Gasteiger partial charge in [-0.2, -0.15) is 0 Å². The summed E-state index contributed by atoms with van der Waals surface area (Å²) >= 11 is 0. The molecule has 1 heterocycles. The van der Waals surface area contributed by atoms with Crippen molar-refractivity contribution in [3.8, 4) is 5.75 Å². The summed E-state index contributed by atoms with van der Waals surface area (Å²) < 4.78 is 20.2. The van der Waals surface area contributed by atoms with Crippen LogP contribution < -0.4 is 4.74 Å². The van der Waals surface area contributed by atoms with E-state index >= 15 is 0 Å². The zero-order chi connectivity index (χ0) is 18.2. The summed E-state index contributed by atoms with van der Waals surface area (Å²) in [5.41, 5.74) is 0.467. The van der Waals surface area contributed by atoms with E-state index in [0.29, 0.717) is 24.5 Å². The topological polar surface area (TPSA) is 91.1 Å². The number of amides is 1. The van der Waals surface area contributed by atoms with Crippen molar-refractivity contribution in [1.82, 2.24) is 9.88 Å². The molecule has 2 aromatic rings. The lowest BCUT2D eigenvalue weighted by Gasteiger charge is -2.21. The molecule has 0 aliphatic rings. The number of hydrogen-bond donors (Lipinski definition) is 0. The number of methoxy groups -OCH3 is 3. The zero-order valence-corrected chi connectivity index (χ0v) is 14.4. The molecule has 8 nitrogen and oxygen atoms in total. The summed E-state index contributed by atoms with van der Waals surface area (Å²) in [5, 5.41) is 0. The van der Waals surface area contributed by atoms with Gasteiger partial charge in [0.15, 0.2) is 5.69 Å². The van der Waals surface area contributed by atoms with Gasteiger partial charge in [-0.05, 0) is 12.1 Å². The van der Waals surface area contributed by atoms with E-state index in [2.05, 4.69) is 9.72 Å². The van der Waals surface area contributed by atoms with E-state index in [1.54, 1.807) is 31.4 Å². The highest BCUT2D eigenvalue weighted by molar-refractivity contribution is 5.96. The lowest BCUT2D eigenvalue weighted by atomic mass is 10.1. The molecule has 8 heteroatoms. The number of para-hydroxylation sites is 1. The molecule has 0 aliphatic carbocycles. The molecule has 0 spiro atoms. The first kappa shape index (κ1) is 18.5. The second-order valence-electron chi connectivity index (χ2n) is 5.04. The third-order valence-corrected chi connectivity index (χ3v) is 3.46. The van der Waals surface area contributed by atoms with Crippen LogP contribution >= 0.6 is 0 Å². The third kappa shape index (κ3) is 4.57. The fourth-order valence-corrected chi connectivity index (χ4v) is 2.19. The largest absolute Gasteiger partial charge is 0.496 e. The summed E-state index contributed by atoms with van der Waals surface area (Å²) in [5.74, 6) is -0.167. The van der Waals surface area contributed by atoms with Gasteiger partial charge in [0.05, 0.1) is 32.9 Å². The van der Waals surface area contributed by atoms with Crippen molar-refractivity contribution in [2.75, 3.05) is 34.5 Å². The first-order valence-electron chi connectivity index (χ1n) is 7.54. The van der Waals surface area contributed by atoms with Crippen LogP contribution in [0, 0.1) is 0 Å². The Bertz CT molecular complexity index is 727. The summed E-state index contributed by atoms with van der Waals surface area (Å²) in [6.45, 7) is 0.742. The Labute approximate surface area is 145 Å². The fourth-order valence-electron chi connectivity index (χ4n) is 2.19. The standard InChI is InChI=1S/C17H20N2O6/c1-22-9-8-19(10-15-18-13(11-25-15)17(21)24-3)16(20)12-6-4-5-7-14(12)23-2/h4-7,11H,8-10H2,1-3H3. The Morgan fingerprint density at radius 2 is 1.96 bits per heavy atom. The molecule has 25 heavy (non-hydrogen) atoms. The molecule has 1 amide bonds. The van der Waals surface area contributed by atoms with E-state index in [4.69, 9.17) is 13.9 Å². The normalized spacial score (nSPS) is 10.4. The maximum absolute atomic E-state index is 12.9. The van der Waals surface area contributed by atoms with Gasteiger partial charge in [0.25, 0.3) is 5.91 Å². The van der Waals surface area contributed by atoms with Gasteiger partial charge in [-0.25, -0.2) is 9.78 Å². The summed E-state index contributed by atoms with van der Waals surface area (Å²) in [6, 6.07) is 6.93. The molecule has 0 radical (unpaired) electrons. The number of aromatic nitrogens is 1. The molecule has 0 saturated carbocycles.